The van der Waals surface area contributed by atoms with Crippen molar-refractivity contribution in [3.63, 3.8) is 0 Å². The zero-order valence-electron chi connectivity index (χ0n) is 11.2. The smallest absolute Gasteiger partial charge is 0.326 e. The standard InChI is InChI=1S/C13H16Br2N2O3/c1-3-4-10(12(18)19)16-13(20)17-11-8(14)5-7(2)6-9(11)15/h5-6,10H,3-4H2,1-2H3,(H,18,19)(H2,16,17,20)/t10-/m1/s1. The zero-order valence-corrected chi connectivity index (χ0v) is 14.3. The van der Waals surface area contributed by atoms with Crippen LogP contribution in [0.4, 0.5) is 10.5 Å². The lowest BCUT2D eigenvalue weighted by Crippen LogP contribution is -2.43. The molecule has 0 spiro atoms. The summed E-state index contributed by atoms with van der Waals surface area (Å²) in [5, 5.41) is 14.1. The van der Waals surface area contributed by atoms with Gasteiger partial charge in [-0.05, 0) is 62.9 Å². The molecule has 7 heteroatoms. The molecule has 5 nitrogen and oxygen atoms in total. The van der Waals surface area contributed by atoms with Gasteiger partial charge in [0.25, 0.3) is 0 Å². The Morgan fingerprint density at radius 1 is 1.30 bits per heavy atom. The molecular weight excluding hydrogens is 392 g/mol. The van der Waals surface area contributed by atoms with Crippen molar-refractivity contribution in [3.05, 3.63) is 26.6 Å². The van der Waals surface area contributed by atoms with E-state index in [1.165, 1.54) is 0 Å². The summed E-state index contributed by atoms with van der Waals surface area (Å²) in [6.07, 6.45) is 1.06. The van der Waals surface area contributed by atoms with Gasteiger partial charge in [-0.1, -0.05) is 13.3 Å². The summed E-state index contributed by atoms with van der Waals surface area (Å²) >= 11 is 6.73. The molecule has 0 radical (unpaired) electrons. The van der Waals surface area contributed by atoms with Crippen LogP contribution < -0.4 is 10.6 Å². The van der Waals surface area contributed by atoms with Gasteiger partial charge in [0, 0.05) is 8.95 Å². The fourth-order valence-corrected chi connectivity index (χ4v) is 3.29. The van der Waals surface area contributed by atoms with Crippen LogP contribution in [-0.2, 0) is 4.79 Å². The minimum Gasteiger partial charge on any atom is -0.480 e. The summed E-state index contributed by atoms with van der Waals surface area (Å²) in [4.78, 5) is 22.9. The number of carboxylic acid groups (broad SMARTS) is 1. The molecule has 3 N–H and O–H groups in total. The fourth-order valence-electron chi connectivity index (χ4n) is 1.67. The third-order valence-corrected chi connectivity index (χ3v) is 3.86. The van der Waals surface area contributed by atoms with Gasteiger partial charge in [-0.2, -0.15) is 0 Å². The number of urea groups is 1. The highest BCUT2D eigenvalue weighted by Gasteiger charge is 2.19. The first kappa shape index (κ1) is 17.0. The minimum atomic E-state index is -1.04. The quantitative estimate of drug-likeness (QED) is 0.692. The number of nitrogens with one attached hydrogen (secondary N) is 2. The van der Waals surface area contributed by atoms with Crippen LogP contribution in [-0.4, -0.2) is 23.1 Å². The van der Waals surface area contributed by atoms with Crippen LogP contribution in [0.2, 0.25) is 0 Å². The van der Waals surface area contributed by atoms with E-state index in [1.54, 1.807) is 0 Å². The van der Waals surface area contributed by atoms with Crippen molar-refractivity contribution in [3.8, 4) is 0 Å². The Balaban J connectivity index is 2.78. The summed E-state index contributed by atoms with van der Waals surface area (Å²) in [6.45, 7) is 3.80. The second-order valence-corrected chi connectivity index (χ2v) is 6.09. The van der Waals surface area contributed by atoms with Crippen molar-refractivity contribution < 1.29 is 14.7 Å². The predicted octanol–water partition coefficient (Wildman–Crippen LogP) is 3.89. The Morgan fingerprint density at radius 3 is 2.30 bits per heavy atom. The number of anilines is 1. The van der Waals surface area contributed by atoms with E-state index in [0.29, 0.717) is 18.5 Å². The van der Waals surface area contributed by atoms with Gasteiger partial charge < -0.3 is 15.7 Å². The first-order valence-electron chi connectivity index (χ1n) is 6.11. The second kappa shape index (κ2) is 7.64. The van der Waals surface area contributed by atoms with Crippen LogP contribution in [0.15, 0.2) is 21.1 Å². The molecule has 0 aromatic heterocycles. The number of halogens is 2. The maximum absolute atomic E-state index is 11.9. The van der Waals surface area contributed by atoms with Crippen LogP contribution in [0.1, 0.15) is 25.3 Å². The van der Waals surface area contributed by atoms with Crippen LogP contribution in [0.5, 0.6) is 0 Å². The summed E-state index contributed by atoms with van der Waals surface area (Å²) in [5.74, 6) is -1.04. The number of benzene rings is 1. The Labute approximate surface area is 134 Å². The molecule has 0 aliphatic heterocycles. The van der Waals surface area contributed by atoms with Gasteiger partial charge in [-0.3, -0.25) is 0 Å². The first-order valence-corrected chi connectivity index (χ1v) is 7.69. The maximum atomic E-state index is 11.9. The number of rotatable bonds is 5. The average Bonchev–Trinajstić information content (AvgIpc) is 2.33. The molecule has 0 saturated carbocycles. The molecule has 0 unspecified atom stereocenters. The van der Waals surface area contributed by atoms with Crippen LogP contribution in [0.25, 0.3) is 0 Å². The van der Waals surface area contributed by atoms with E-state index in [4.69, 9.17) is 5.11 Å². The van der Waals surface area contributed by atoms with Crippen LogP contribution in [0.3, 0.4) is 0 Å². The molecule has 20 heavy (non-hydrogen) atoms. The average molecular weight is 408 g/mol. The summed E-state index contributed by atoms with van der Waals surface area (Å²) in [5.41, 5.74) is 1.60. The van der Waals surface area contributed by atoms with Gasteiger partial charge in [0.2, 0.25) is 0 Å². The third-order valence-electron chi connectivity index (χ3n) is 2.61. The topological polar surface area (TPSA) is 78.4 Å². The van der Waals surface area contributed by atoms with Crippen molar-refractivity contribution in [1.82, 2.24) is 5.32 Å². The normalized spacial score (nSPS) is 11.8. The van der Waals surface area contributed by atoms with E-state index in [0.717, 1.165) is 14.5 Å². The Morgan fingerprint density at radius 2 is 1.85 bits per heavy atom. The third kappa shape index (κ3) is 4.79. The molecule has 1 rings (SSSR count). The number of amides is 2. The van der Waals surface area contributed by atoms with Crippen molar-refractivity contribution in [2.45, 2.75) is 32.7 Å². The van der Waals surface area contributed by atoms with E-state index in [-0.39, 0.29) is 0 Å². The Bertz CT molecular complexity index is 497. The van der Waals surface area contributed by atoms with Crippen molar-refractivity contribution in [1.29, 1.82) is 0 Å². The molecule has 2 amide bonds. The maximum Gasteiger partial charge on any atom is 0.326 e. The van der Waals surface area contributed by atoms with Gasteiger partial charge in [0.1, 0.15) is 6.04 Å². The summed E-state index contributed by atoms with van der Waals surface area (Å²) in [7, 11) is 0. The molecule has 0 bridgehead atoms. The lowest BCUT2D eigenvalue weighted by Gasteiger charge is -2.16. The number of hydrogen-bond donors (Lipinski definition) is 3. The van der Waals surface area contributed by atoms with Crippen LogP contribution in [0, 0.1) is 6.92 Å². The number of carbonyl (C=O) groups is 2. The van der Waals surface area contributed by atoms with Gasteiger partial charge in [-0.15, -0.1) is 0 Å². The molecule has 0 aliphatic rings. The van der Waals surface area contributed by atoms with E-state index in [2.05, 4.69) is 42.5 Å². The molecule has 1 atom stereocenters. The van der Waals surface area contributed by atoms with Crippen molar-refractivity contribution >= 4 is 49.5 Å². The van der Waals surface area contributed by atoms with E-state index in [1.807, 2.05) is 26.0 Å². The minimum absolute atomic E-state index is 0.388. The number of carbonyl (C=O) groups excluding carboxylic acids is 1. The van der Waals surface area contributed by atoms with Gasteiger partial charge in [0.15, 0.2) is 0 Å². The first-order chi connectivity index (χ1) is 9.35. The van der Waals surface area contributed by atoms with Crippen molar-refractivity contribution in [2.75, 3.05) is 5.32 Å². The van der Waals surface area contributed by atoms with E-state index >= 15 is 0 Å². The Kier molecular flexibility index (Phi) is 6.48. The molecular formula is C13H16Br2N2O3. The van der Waals surface area contributed by atoms with Gasteiger partial charge in [-0.25, -0.2) is 9.59 Å². The lowest BCUT2D eigenvalue weighted by atomic mass is 10.2. The molecule has 0 aliphatic carbocycles. The number of aliphatic carboxylic acids is 1. The highest BCUT2D eigenvalue weighted by Crippen LogP contribution is 2.32. The summed E-state index contributed by atoms with van der Waals surface area (Å²) in [6, 6.07) is 2.29. The highest BCUT2D eigenvalue weighted by atomic mass is 79.9. The molecule has 0 fully saturated rings. The molecule has 0 saturated heterocycles. The molecule has 1 aromatic rings. The van der Waals surface area contributed by atoms with E-state index < -0.39 is 18.0 Å². The monoisotopic (exact) mass is 406 g/mol. The highest BCUT2D eigenvalue weighted by molar-refractivity contribution is 9.11. The molecule has 110 valence electrons. The SMILES string of the molecule is CCC[C@@H](NC(=O)Nc1c(Br)cc(C)cc1Br)C(=O)O. The number of carboxylic acids is 1. The summed E-state index contributed by atoms with van der Waals surface area (Å²) < 4.78 is 1.45. The van der Waals surface area contributed by atoms with Crippen LogP contribution >= 0.6 is 31.9 Å². The van der Waals surface area contributed by atoms with Gasteiger partial charge >= 0.3 is 12.0 Å². The fraction of sp³-hybridized carbons (Fsp3) is 0.385. The lowest BCUT2D eigenvalue weighted by molar-refractivity contribution is -0.139. The predicted molar refractivity (Wildman–Crippen MR) is 85.1 cm³/mol. The molecule has 1 aromatic carbocycles. The molecule has 0 heterocycles. The largest absolute Gasteiger partial charge is 0.480 e. The Hall–Kier alpha value is -1.08. The number of hydrogen-bond acceptors (Lipinski definition) is 2. The van der Waals surface area contributed by atoms with Gasteiger partial charge in [0.05, 0.1) is 5.69 Å². The van der Waals surface area contributed by atoms with Crippen molar-refractivity contribution in [2.24, 2.45) is 0 Å². The van der Waals surface area contributed by atoms with E-state index in [9.17, 15) is 9.59 Å². The number of aryl methyl sites for hydroxylation is 1. The second-order valence-electron chi connectivity index (χ2n) is 4.38. The zero-order chi connectivity index (χ0) is 15.3.